The van der Waals surface area contributed by atoms with Crippen LogP contribution in [0.1, 0.15) is 41.5 Å². The molecule has 0 saturated carbocycles. The fourth-order valence-electron chi connectivity index (χ4n) is 2.34. The second-order valence-corrected chi connectivity index (χ2v) is 4.56. The van der Waals surface area contributed by atoms with Gasteiger partial charge in [0, 0.05) is 5.56 Å². The van der Waals surface area contributed by atoms with Crippen molar-refractivity contribution in [3.8, 4) is 5.75 Å². The Morgan fingerprint density at radius 1 is 1.25 bits per heavy atom. The van der Waals surface area contributed by atoms with Gasteiger partial charge in [0.15, 0.2) is 0 Å². The van der Waals surface area contributed by atoms with Crippen molar-refractivity contribution in [2.24, 2.45) is 5.73 Å². The Kier molecular flexibility index (Phi) is 4.36. The Morgan fingerprint density at radius 2 is 1.88 bits per heavy atom. The van der Waals surface area contributed by atoms with Gasteiger partial charge in [-0.05, 0) is 56.3 Å². The van der Waals surface area contributed by atoms with Crippen LogP contribution in [0.4, 0.5) is 0 Å². The van der Waals surface area contributed by atoms with Crippen LogP contribution in [0, 0.1) is 20.8 Å². The van der Waals surface area contributed by atoms with Crippen LogP contribution >= 0.6 is 0 Å². The van der Waals surface area contributed by atoms with E-state index in [1.807, 2.05) is 0 Å². The molecule has 2 N–H and O–H groups in total. The first-order valence-corrected chi connectivity index (χ1v) is 5.87. The highest BCUT2D eigenvalue weighted by Crippen LogP contribution is 2.35. The number of hydrogen-bond acceptors (Lipinski definition) is 2. The van der Waals surface area contributed by atoms with Crippen molar-refractivity contribution in [1.82, 2.24) is 0 Å². The smallest absolute Gasteiger partial charge is 0.125 e. The molecule has 0 aliphatic rings. The van der Waals surface area contributed by atoms with Gasteiger partial charge in [0.2, 0.25) is 0 Å². The van der Waals surface area contributed by atoms with Crippen LogP contribution < -0.4 is 10.5 Å². The summed E-state index contributed by atoms with van der Waals surface area (Å²) in [6.45, 7) is 9.33. The molecule has 0 aliphatic carbocycles. The lowest BCUT2D eigenvalue weighted by molar-refractivity contribution is 0.401. The maximum Gasteiger partial charge on any atom is 0.125 e. The largest absolute Gasteiger partial charge is 0.496 e. The molecule has 0 spiro atoms. The number of nitrogens with two attached hydrogens (primary N) is 1. The Balaban J connectivity index is 3.30. The van der Waals surface area contributed by atoms with Crippen molar-refractivity contribution >= 4 is 0 Å². The topological polar surface area (TPSA) is 35.2 Å². The van der Waals surface area contributed by atoms with E-state index in [1.165, 1.54) is 22.3 Å². The third-order valence-corrected chi connectivity index (χ3v) is 3.33. The lowest BCUT2D eigenvalue weighted by Crippen LogP contribution is -2.08. The standard InChI is InChI=1S/C14H23NO/c1-9(6-7-15)13-11(3)8-10(2)12(4)14(13)16-5/h8-9H,6-7,15H2,1-5H3. The maximum absolute atomic E-state index is 5.64. The van der Waals surface area contributed by atoms with Gasteiger partial charge in [-0.3, -0.25) is 0 Å². The molecule has 1 unspecified atom stereocenters. The van der Waals surface area contributed by atoms with E-state index < -0.39 is 0 Å². The molecule has 0 fully saturated rings. The summed E-state index contributed by atoms with van der Waals surface area (Å²) in [6, 6.07) is 2.24. The van der Waals surface area contributed by atoms with Gasteiger partial charge in [0.25, 0.3) is 0 Å². The number of ether oxygens (including phenoxy) is 1. The van der Waals surface area contributed by atoms with Crippen molar-refractivity contribution in [3.05, 3.63) is 28.3 Å². The quantitative estimate of drug-likeness (QED) is 0.848. The first-order chi connectivity index (χ1) is 7.52. The predicted octanol–water partition coefficient (Wildman–Crippen LogP) is 3.07. The molecule has 0 bridgehead atoms. The van der Waals surface area contributed by atoms with Crippen molar-refractivity contribution in [1.29, 1.82) is 0 Å². The Morgan fingerprint density at radius 3 is 2.38 bits per heavy atom. The molecule has 2 nitrogen and oxygen atoms in total. The van der Waals surface area contributed by atoms with Crippen LogP contribution in [0.25, 0.3) is 0 Å². The molecule has 1 atom stereocenters. The molecule has 0 amide bonds. The van der Waals surface area contributed by atoms with E-state index in [-0.39, 0.29) is 0 Å². The molecule has 0 saturated heterocycles. The SMILES string of the molecule is COc1c(C)c(C)cc(C)c1C(C)CCN. The van der Waals surface area contributed by atoms with Crippen molar-refractivity contribution < 1.29 is 4.74 Å². The van der Waals surface area contributed by atoms with Gasteiger partial charge in [-0.1, -0.05) is 13.0 Å². The highest BCUT2D eigenvalue weighted by atomic mass is 16.5. The molecule has 0 aliphatic heterocycles. The van der Waals surface area contributed by atoms with Crippen LogP contribution in [-0.4, -0.2) is 13.7 Å². The summed E-state index contributed by atoms with van der Waals surface area (Å²) in [7, 11) is 1.75. The monoisotopic (exact) mass is 221 g/mol. The number of hydrogen-bond donors (Lipinski definition) is 1. The van der Waals surface area contributed by atoms with E-state index in [2.05, 4.69) is 33.8 Å². The summed E-state index contributed by atoms with van der Waals surface area (Å²) in [5, 5.41) is 0. The second kappa shape index (κ2) is 5.35. The summed E-state index contributed by atoms with van der Waals surface area (Å²) in [4.78, 5) is 0. The molecular weight excluding hydrogens is 198 g/mol. The van der Waals surface area contributed by atoms with E-state index in [1.54, 1.807) is 7.11 Å². The summed E-state index contributed by atoms with van der Waals surface area (Å²) >= 11 is 0. The predicted molar refractivity (Wildman–Crippen MR) is 69.3 cm³/mol. The van der Waals surface area contributed by atoms with Gasteiger partial charge in [-0.2, -0.15) is 0 Å². The van der Waals surface area contributed by atoms with Crippen molar-refractivity contribution in [3.63, 3.8) is 0 Å². The van der Waals surface area contributed by atoms with Gasteiger partial charge in [0.1, 0.15) is 5.75 Å². The van der Waals surface area contributed by atoms with Crippen LogP contribution in [0.3, 0.4) is 0 Å². The summed E-state index contributed by atoms with van der Waals surface area (Å²) in [5.41, 5.74) is 10.8. The minimum Gasteiger partial charge on any atom is -0.496 e. The zero-order valence-electron chi connectivity index (χ0n) is 11.1. The minimum atomic E-state index is 0.458. The zero-order valence-corrected chi connectivity index (χ0v) is 11.1. The van der Waals surface area contributed by atoms with Gasteiger partial charge in [0.05, 0.1) is 7.11 Å². The molecule has 2 heteroatoms. The number of methoxy groups -OCH3 is 1. The third kappa shape index (κ3) is 2.38. The molecule has 1 aromatic carbocycles. The van der Waals surface area contributed by atoms with Gasteiger partial charge < -0.3 is 10.5 Å². The highest BCUT2D eigenvalue weighted by molar-refractivity contribution is 5.51. The maximum atomic E-state index is 5.64. The van der Waals surface area contributed by atoms with E-state index in [0.29, 0.717) is 5.92 Å². The summed E-state index contributed by atoms with van der Waals surface area (Å²) < 4.78 is 5.56. The van der Waals surface area contributed by atoms with E-state index in [9.17, 15) is 0 Å². The van der Waals surface area contributed by atoms with Crippen LogP contribution in [0.15, 0.2) is 6.07 Å². The average molecular weight is 221 g/mol. The average Bonchev–Trinajstić information content (AvgIpc) is 2.23. The van der Waals surface area contributed by atoms with Crippen LogP contribution in [0.2, 0.25) is 0 Å². The molecule has 1 aromatic rings. The fourth-order valence-corrected chi connectivity index (χ4v) is 2.34. The van der Waals surface area contributed by atoms with E-state index >= 15 is 0 Å². The summed E-state index contributed by atoms with van der Waals surface area (Å²) in [5.74, 6) is 1.50. The number of aryl methyl sites for hydroxylation is 2. The van der Waals surface area contributed by atoms with Gasteiger partial charge in [-0.25, -0.2) is 0 Å². The normalized spacial score (nSPS) is 12.6. The first kappa shape index (κ1) is 13.0. The molecule has 0 heterocycles. The molecule has 16 heavy (non-hydrogen) atoms. The molecule has 1 rings (SSSR count). The number of benzene rings is 1. The Labute approximate surface area is 98.8 Å². The van der Waals surface area contributed by atoms with Crippen molar-refractivity contribution in [2.75, 3.05) is 13.7 Å². The molecule has 0 aromatic heterocycles. The lowest BCUT2D eigenvalue weighted by Gasteiger charge is -2.21. The first-order valence-electron chi connectivity index (χ1n) is 5.87. The zero-order chi connectivity index (χ0) is 12.3. The number of rotatable bonds is 4. The second-order valence-electron chi connectivity index (χ2n) is 4.56. The fraction of sp³-hybridized carbons (Fsp3) is 0.571. The molecule has 0 radical (unpaired) electrons. The van der Waals surface area contributed by atoms with Crippen LogP contribution in [0.5, 0.6) is 5.75 Å². The van der Waals surface area contributed by atoms with E-state index in [0.717, 1.165) is 18.7 Å². The lowest BCUT2D eigenvalue weighted by atomic mass is 9.89. The van der Waals surface area contributed by atoms with Crippen molar-refractivity contribution in [2.45, 2.75) is 40.0 Å². The Bertz CT molecular complexity index is 371. The third-order valence-electron chi connectivity index (χ3n) is 3.33. The highest BCUT2D eigenvalue weighted by Gasteiger charge is 2.17. The summed E-state index contributed by atoms with van der Waals surface area (Å²) in [6.07, 6.45) is 1.000. The Hall–Kier alpha value is -1.02. The van der Waals surface area contributed by atoms with E-state index in [4.69, 9.17) is 10.5 Å². The van der Waals surface area contributed by atoms with Crippen LogP contribution in [-0.2, 0) is 0 Å². The minimum absolute atomic E-state index is 0.458. The molecule has 90 valence electrons. The van der Waals surface area contributed by atoms with Gasteiger partial charge in [-0.15, -0.1) is 0 Å². The van der Waals surface area contributed by atoms with Gasteiger partial charge >= 0.3 is 0 Å². The molecular formula is C14H23NO.